The second-order valence-corrected chi connectivity index (χ2v) is 7.18. The molecule has 0 radical (unpaired) electrons. The zero-order chi connectivity index (χ0) is 19.6. The lowest BCUT2D eigenvalue weighted by Crippen LogP contribution is -2.32. The van der Waals surface area contributed by atoms with Crippen molar-refractivity contribution in [2.45, 2.75) is 38.6 Å². The van der Waals surface area contributed by atoms with Crippen molar-refractivity contribution in [2.75, 3.05) is 11.9 Å². The van der Waals surface area contributed by atoms with Gasteiger partial charge in [-0.05, 0) is 41.2 Å². The van der Waals surface area contributed by atoms with E-state index in [4.69, 9.17) is 5.73 Å². The van der Waals surface area contributed by atoms with Gasteiger partial charge in [-0.15, -0.1) is 0 Å². The Hall–Kier alpha value is -2.73. The first-order chi connectivity index (χ1) is 12.8. The SMILES string of the molecule is CC(C)c1ccc(C(N)CNC(=O)c2cc3c(cc2F)NC(=O)CC3)cc1. The molecule has 6 heteroatoms. The minimum atomic E-state index is -0.664. The Kier molecular flexibility index (Phi) is 5.56. The molecule has 4 N–H and O–H groups in total. The molecule has 1 heterocycles. The number of fused-ring (bicyclic) bond motifs is 1. The number of carbonyl (C=O) groups excluding carboxylic acids is 2. The summed E-state index contributed by atoms with van der Waals surface area (Å²) in [6.45, 7) is 4.44. The maximum atomic E-state index is 14.3. The molecule has 0 saturated carbocycles. The van der Waals surface area contributed by atoms with Gasteiger partial charge in [-0.2, -0.15) is 0 Å². The van der Waals surface area contributed by atoms with E-state index in [2.05, 4.69) is 24.5 Å². The second-order valence-electron chi connectivity index (χ2n) is 7.18. The first kappa shape index (κ1) is 19.0. The topological polar surface area (TPSA) is 84.2 Å². The first-order valence-electron chi connectivity index (χ1n) is 9.11. The molecule has 2 aromatic rings. The number of nitrogens with two attached hydrogens (primary N) is 1. The molecular formula is C21H24FN3O2. The standard InChI is InChI=1S/C21H24FN3O2/c1-12(2)13-3-5-14(6-4-13)18(23)11-24-21(27)16-9-15-7-8-20(26)25-19(15)10-17(16)22/h3-6,9-10,12,18H,7-8,11,23H2,1-2H3,(H,24,27)(H,25,26). The molecular weight excluding hydrogens is 345 g/mol. The van der Waals surface area contributed by atoms with Crippen LogP contribution in [0.2, 0.25) is 0 Å². The van der Waals surface area contributed by atoms with E-state index in [1.54, 1.807) is 0 Å². The zero-order valence-electron chi connectivity index (χ0n) is 15.5. The van der Waals surface area contributed by atoms with Gasteiger partial charge < -0.3 is 16.4 Å². The van der Waals surface area contributed by atoms with Crippen LogP contribution in [0.1, 0.15) is 59.3 Å². The Morgan fingerprint density at radius 2 is 1.85 bits per heavy atom. The van der Waals surface area contributed by atoms with E-state index in [0.29, 0.717) is 24.4 Å². The first-order valence-corrected chi connectivity index (χ1v) is 9.11. The van der Waals surface area contributed by atoms with Crippen LogP contribution in [0.5, 0.6) is 0 Å². The van der Waals surface area contributed by atoms with Crippen LogP contribution in [0.15, 0.2) is 36.4 Å². The molecule has 0 aliphatic carbocycles. The Bertz CT molecular complexity index is 862. The molecule has 0 aromatic heterocycles. The summed E-state index contributed by atoms with van der Waals surface area (Å²) in [5.74, 6) is -0.884. The molecule has 27 heavy (non-hydrogen) atoms. The van der Waals surface area contributed by atoms with E-state index in [0.717, 1.165) is 11.1 Å². The Labute approximate surface area is 158 Å². The summed E-state index contributed by atoms with van der Waals surface area (Å²) in [5.41, 5.74) is 9.44. The highest BCUT2D eigenvalue weighted by molar-refractivity contribution is 5.98. The highest BCUT2D eigenvalue weighted by atomic mass is 19.1. The summed E-state index contributed by atoms with van der Waals surface area (Å²) < 4.78 is 14.3. The number of carbonyl (C=O) groups is 2. The lowest BCUT2D eigenvalue weighted by Gasteiger charge is -2.19. The van der Waals surface area contributed by atoms with Gasteiger partial charge >= 0.3 is 0 Å². The van der Waals surface area contributed by atoms with Gasteiger partial charge in [0.25, 0.3) is 5.91 Å². The minimum Gasteiger partial charge on any atom is -0.350 e. The molecule has 2 amide bonds. The van der Waals surface area contributed by atoms with Gasteiger partial charge in [0, 0.05) is 24.7 Å². The van der Waals surface area contributed by atoms with Crippen LogP contribution < -0.4 is 16.4 Å². The van der Waals surface area contributed by atoms with Crippen molar-refractivity contribution < 1.29 is 14.0 Å². The van der Waals surface area contributed by atoms with E-state index < -0.39 is 11.7 Å². The Balaban J connectivity index is 1.66. The van der Waals surface area contributed by atoms with Gasteiger partial charge in [-0.25, -0.2) is 4.39 Å². The van der Waals surface area contributed by atoms with Crippen molar-refractivity contribution in [3.05, 3.63) is 64.5 Å². The number of halogens is 1. The number of anilines is 1. The number of amides is 2. The Morgan fingerprint density at radius 3 is 2.52 bits per heavy atom. The third-order valence-electron chi connectivity index (χ3n) is 4.85. The van der Waals surface area contributed by atoms with E-state index in [1.165, 1.54) is 17.7 Å². The fourth-order valence-electron chi connectivity index (χ4n) is 3.12. The number of nitrogens with one attached hydrogen (secondary N) is 2. The molecule has 1 aliphatic rings. The maximum Gasteiger partial charge on any atom is 0.254 e. The van der Waals surface area contributed by atoms with Crippen molar-refractivity contribution in [3.8, 4) is 0 Å². The van der Waals surface area contributed by atoms with E-state index in [-0.39, 0.29) is 24.1 Å². The van der Waals surface area contributed by atoms with Crippen LogP contribution >= 0.6 is 0 Å². The fourth-order valence-corrected chi connectivity index (χ4v) is 3.12. The predicted molar refractivity (Wildman–Crippen MR) is 103 cm³/mol. The largest absolute Gasteiger partial charge is 0.350 e. The molecule has 0 bridgehead atoms. The highest BCUT2D eigenvalue weighted by Crippen LogP contribution is 2.26. The van der Waals surface area contributed by atoms with Crippen molar-refractivity contribution in [2.24, 2.45) is 5.73 Å². The lowest BCUT2D eigenvalue weighted by molar-refractivity contribution is -0.116. The predicted octanol–water partition coefficient (Wildman–Crippen LogP) is 3.26. The molecule has 5 nitrogen and oxygen atoms in total. The average molecular weight is 369 g/mol. The summed E-state index contributed by atoms with van der Waals surface area (Å²) in [6, 6.07) is 10.3. The van der Waals surface area contributed by atoms with Gasteiger partial charge in [-0.3, -0.25) is 9.59 Å². The van der Waals surface area contributed by atoms with Crippen LogP contribution in [0, 0.1) is 5.82 Å². The van der Waals surface area contributed by atoms with E-state index in [9.17, 15) is 14.0 Å². The molecule has 0 fully saturated rings. The summed E-state index contributed by atoms with van der Waals surface area (Å²) in [7, 11) is 0. The normalized spacial score (nSPS) is 14.5. The third-order valence-corrected chi connectivity index (χ3v) is 4.85. The van der Waals surface area contributed by atoms with Gasteiger partial charge in [0.2, 0.25) is 5.91 Å². The number of benzene rings is 2. The molecule has 0 spiro atoms. The van der Waals surface area contributed by atoms with Gasteiger partial charge in [0.15, 0.2) is 0 Å². The van der Waals surface area contributed by atoms with Crippen LogP contribution in [0.25, 0.3) is 0 Å². The molecule has 1 aliphatic heterocycles. The molecule has 3 rings (SSSR count). The number of hydrogen-bond acceptors (Lipinski definition) is 3. The molecule has 1 unspecified atom stereocenters. The Morgan fingerprint density at radius 1 is 1.19 bits per heavy atom. The number of aryl methyl sites for hydroxylation is 1. The highest BCUT2D eigenvalue weighted by Gasteiger charge is 2.21. The van der Waals surface area contributed by atoms with E-state index in [1.807, 2.05) is 24.3 Å². The summed E-state index contributed by atoms with van der Waals surface area (Å²) >= 11 is 0. The quantitative estimate of drug-likeness (QED) is 0.756. The number of rotatable bonds is 5. The van der Waals surface area contributed by atoms with Gasteiger partial charge in [0.1, 0.15) is 5.82 Å². The van der Waals surface area contributed by atoms with Crippen LogP contribution in [-0.2, 0) is 11.2 Å². The average Bonchev–Trinajstić information content (AvgIpc) is 2.65. The van der Waals surface area contributed by atoms with Crippen molar-refractivity contribution >= 4 is 17.5 Å². The summed E-state index contributed by atoms with van der Waals surface area (Å²) in [5, 5.41) is 5.32. The zero-order valence-corrected chi connectivity index (χ0v) is 15.5. The molecule has 2 aromatic carbocycles. The third kappa shape index (κ3) is 4.34. The second kappa shape index (κ2) is 7.88. The monoisotopic (exact) mass is 369 g/mol. The molecule has 0 saturated heterocycles. The lowest BCUT2D eigenvalue weighted by atomic mass is 9.98. The van der Waals surface area contributed by atoms with Crippen LogP contribution in [0.4, 0.5) is 10.1 Å². The van der Waals surface area contributed by atoms with Crippen molar-refractivity contribution in [3.63, 3.8) is 0 Å². The summed E-state index contributed by atoms with van der Waals surface area (Å²) in [6.07, 6.45) is 0.820. The minimum absolute atomic E-state index is 0.0349. The fraction of sp³-hybridized carbons (Fsp3) is 0.333. The number of hydrogen-bond donors (Lipinski definition) is 3. The maximum absolute atomic E-state index is 14.3. The van der Waals surface area contributed by atoms with Gasteiger partial charge in [-0.1, -0.05) is 38.1 Å². The van der Waals surface area contributed by atoms with Crippen molar-refractivity contribution in [1.82, 2.24) is 5.32 Å². The van der Waals surface area contributed by atoms with Gasteiger partial charge in [0.05, 0.1) is 5.56 Å². The van der Waals surface area contributed by atoms with Crippen LogP contribution in [-0.4, -0.2) is 18.4 Å². The van der Waals surface area contributed by atoms with E-state index >= 15 is 0 Å². The smallest absolute Gasteiger partial charge is 0.254 e. The summed E-state index contributed by atoms with van der Waals surface area (Å²) in [4.78, 5) is 23.8. The van der Waals surface area contributed by atoms with Crippen molar-refractivity contribution in [1.29, 1.82) is 0 Å². The van der Waals surface area contributed by atoms with Crippen LogP contribution in [0.3, 0.4) is 0 Å². The molecule has 142 valence electrons. The molecule has 1 atom stereocenters.